The van der Waals surface area contributed by atoms with E-state index in [1.54, 1.807) is 0 Å². The molecule has 2 aliphatic rings. The van der Waals surface area contributed by atoms with Crippen LogP contribution in [0.15, 0.2) is 35.3 Å². The van der Waals surface area contributed by atoms with E-state index >= 15 is 0 Å². The maximum Gasteiger partial charge on any atom is 0.191 e. The lowest BCUT2D eigenvalue weighted by Crippen LogP contribution is -2.56. The van der Waals surface area contributed by atoms with E-state index in [2.05, 4.69) is 74.8 Å². The number of nitrogens with one attached hydrogen (secondary N) is 2. The first-order valence-electron chi connectivity index (χ1n) is 10.3. The molecule has 2 fully saturated rings. The standard InChI is InChI=1S/C21H36N6/c1-22-21(23-15-20-17-25(2)13-14-26(20)3)24-19-9-11-27(12-10-19)16-18-7-5-4-6-8-18/h4-8,19-20H,9-17H2,1-3H3,(H2,22,23,24). The van der Waals surface area contributed by atoms with Gasteiger partial charge in [-0.15, -0.1) is 0 Å². The number of aliphatic imine (C=N–C) groups is 1. The fraction of sp³-hybridized carbons (Fsp3) is 0.667. The summed E-state index contributed by atoms with van der Waals surface area (Å²) in [6.07, 6.45) is 2.33. The van der Waals surface area contributed by atoms with Gasteiger partial charge in [0.1, 0.15) is 0 Å². The first-order valence-corrected chi connectivity index (χ1v) is 10.3. The van der Waals surface area contributed by atoms with Crippen LogP contribution in [0.4, 0.5) is 0 Å². The Balaban J connectivity index is 1.39. The summed E-state index contributed by atoms with van der Waals surface area (Å²) in [5.41, 5.74) is 1.41. The third-order valence-corrected chi connectivity index (χ3v) is 5.89. The predicted octanol–water partition coefficient (Wildman–Crippen LogP) is 1.06. The van der Waals surface area contributed by atoms with Crippen LogP contribution in [0, 0.1) is 0 Å². The summed E-state index contributed by atoms with van der Waals surface area (Å²) < 4.78 is 0. The fourth-order valence-corrected chi connectivity index (χ4v) is 4.00. The van der Waals surface area contributed by atoms with Gasteiger partial charge in [0, 0.05) is 64.9 Å². The zero-order chi connectivity index (χ0) is 19.1. The average Bonchev–Trinajstić information content (AvgIpc) is 2.69. The van der Waals surface area contributed by atoms with E-state index in [4.69, 9.17) is 0 Å². The lowest BCUT2D eigenvalue weighted by molar-refractivity contribution is 0.116. The molecule has 2 heterocycles. The molecule has 0 amide bonds. The minimum atomic E-state index is 0.509. The van der Waals surface area contributed by atoms with Gasteiger partial charge in [0.25, 0.3) is 0 Å². The molecular weight excluding hydrogens is 336 g/mol. The third-order valence-electron chi connectivity index (χ3n) is 5.89. The summed E-state index contributed by atoms with van der Waals surface area (Å²) in [4.78, 5) is 11.9. The number of nitrogens with zero attached hydrogens (tertiary/aromatic N) is 4. The van der Waals surface area contributed by atoms with Crippen LogP contribution in [0.2, 0.25) is 0 Å². The van der Waals surface area contributed by atoms with E-state index in [0.29, 0.717) is 12.1 Å². The number of benzene rings is 1. The second-order valence-electron chi connectivity index (χ2n) is 8.03. The average molecular weight is 373 g/mol. The number of piperazine rings is 1. The Hall–Kier alpha value is -1.63. The van der Waals surface area contributed by atoms with Crippen molar-refractivity contribution in [3.8, 4) is 0 Å². The van der Waals surface area contributed by atoms with Crippen LogP contribution >= 0.6 is 0 Å². The topological polar surface area (TPSA) is 46.1 Å². The Morgan fingerprint density at radius 1 is 1.07 bits per heavy atom. The van der Waals surface area contributed by atoms with Gasteiger partial charge in [-0.25, -0.2) is 0 Å². The van der Waals surface area contributed by atoms with Crippen molar-refractivity contribution in [2.45, 2.75) is 31.5 Å². The molecule has 0 aliphatic carbocycles. The molecule has 2 saturated heterocycles. The quantitative estimate of drug-likeness (QED) is 0.598. The van der Waals surface area contributed by atoms with E-state index in [9.17, 15) is 0 Å². The van der Waals surface area contributed by atoms with Gasteiger partial charge in [-0.3, -0.25) is 14.8 Å². The second kappa shape index (κ2) is 10.1. The second-order valence-corrected chi connectivity index (χ2v) is 8.03. The van der Waals surface area contributed by atoms with Crippen LogP contribution in [0.3, 0.4) is 0 Å². The van der Waals surface area contributed by atoms with Gasteiger partial charge in [-0.1, -0.05) is 30.3 Å². The molecule has 0 spiro atoms. The van der Waals surface area contributed by atoms with Crippen LogP contribution in [-0.2, 0) is 6.54 Å². The highest BCUT2D eigenvalue weighted by molar-refractivity contribution is 5.80. The zero-order valence-corrected chi connectivity index (χ0v) is 17.2. The zero-order valence-electron chi connectivity index (χ0n) is 17.2. The molecule has 150 valence electrons. The number of likely N-dealkylation sites (N-methyl/N-ethyl adjacent to an activating group) is 2. The van der Waals surface area contributed by atoms with Gasteiger partial charge in [0.05, 0.1) is 0 Å². The van der Waals surface area contributed by atoms with Gasteiger partial charge in [-0.2, -0.15) is 0 Å². The largest absolute Gasteiger partial charge is 0.355 e. The van der Waals surface area contributed by atoms with E-state index < -0.39 is 0 Å². The molecule has 1 atom stereocenters. The number of likely N-dealkylation sites (tertiary alicyclic amines) is 1. The Morgan fingerprint density at radius 2 is 1.81 bits per heavy atom. The molecule has 0 aromatic heterocycles. The van der Waals surface area contributed by atoms with Crippen molar-refractivity contribution >= 4 is 5.96 Å². The highest BCUT2D eigenvalue weighted by atomic mass is 15.3. The van der Waals surface area contributed by atoms with Crippen LogP contribution in [0.1, 0.15) is 18.4 Å². The molecule has 0 bridgehead atoms. The van der Waals surface area contributed by atoms with Crippen molar-refractivity contribution < 1.29 is 0 Å². The molecule has 3 rings (SSSR count). The lowest BCUT2D eigenvalue weighted by atomic mass is 10.0. The minimum absolute atomic E-state index is 0.509. The summed E-state index contributed by atoms with van der Waals surface area (Å²) in [7, 11) is 6.30. The normalized spacial score (nSPS) is 24.1. The summed E-state index contributed by atoms with van der Waals surface area (Å²) in [5, 5.41) is 7.18. The lowest BCUT2D eigenvalue weighted by Gasteiger charge is -2.38. The van der Waals surface area contributed by atoms with E-state index in [1.165, 1.54) is 18.4 Å². The number of hydrogen-bond donors (Lipinski definition) is 2. The molecule has 1 unspecified atom stereocenters. The van der Waals surface area contributed by atoms with Crippen molar-refractivity contribution in [3.05, 3.63) is 35.9 Å². The Bertz CT molecular complexity index is 582. The SMILES string of the molecule is CN=C(NCC1CN(C)CCN1C)NC1CCN(Cc2ccccc2)CC1. The van der Waals surface area contributed by atoms with Gasteiger partial charge in [0.15, 0.2) is 5.96 Å². The van der Waals surface area contributed by atoms with E-state index in [-0.39, 0.29) is 0 Å². The van der Waals surface area contributed by atoms with Crippen LogP contribution < -0.4 is 10.6 Å². The van der Waals surface area contributed by atoms with E-state index in [0.717, 1.165) is 51.8 Å². The highest BCUT2D eigenvalue weighted by Gasteiger charge is 2.23. The van der Waals surface area contributed by atoms with Gasteiger partial charge in [0.2, 0.25) is 0 Å². The summed E-state index contributed by atoms with van der Waals surface area (Å²) in [6, 6.07) is 11.8. The number of rotatable bonds is 5. The molecule has 2 aliphatic heterocycles. The monoisotopic (exact) mass is 372 g/mol. The van der Waals surface area contributed by atoms with Crippen molar-refractivity contribution in [1.29, 1.82) is 0 Å². The molecular formula is C21H36N6. The first kappa shape index (κ1) is 20.1. The fourth-order valence-electron chi connectivity index (χ4n) is 4.00. The van der Waals surface area contributed by atoms with Gasteiger partial charge < -0.3 is 15.5 Å². The Morgan fingerprint density at radius 3 is 2.52 bits per heavy atom. The van der Waals surface area contributed by atoms with Gasteiger partial charge in [-0.05, 0) is 32.5 Å². The summed E-state index contributed by atoms with van der Waals surface area (Å²) in [5.74, 6) is 0.943. The summed E-state index contributed by atoms with van der Waals surface area (Å²) >= 11 is 0. The maximum absolute atomic E-state index is 4.45. The number of guanidine groups is 1. The van der Waals surface area contributed by atoms with Gasteiger partial charge >= 0.3 is 0 Å². The molecule has 2 N–H and O–H groups in total. The summed E-state index contributed by atoms with van der Waals surface area (Å²) in [6.45, 7) is 7.67. The van der Waals surface area contributed by atoms with Crippen molar-refractivity contribution in [3.63, 3.8) is 0 Å². The van der Waals surface area contributed by atoms with Crippen LogP contribution in [0.25, 0.3) is 0 Å². The molecule has 1 aromatic carbocycles. The van der Waals surface area contributed by atoms with Crippen molar-refractivity contribution in [2.75, 3.05) is 60.4 Å². The number of hydrogen-bond acceptors (Lipinski definition) is 4. The van der Waals surface area contributed by atoms with Crippen LogP contribution in [0.5, 0.6) is 0 Å². The van der Waals surface area contributed by atoms with Crippen molar-refractivity contribution in [2.24, 2.45) is 4.99 Å². The molecule has 0 radical (unpaired) electrons. The third kappa shape index (κ3) is 6.19. The molecule has 6 heteroatoms. The predicted molar refractivity (Wildman–Crippen MR) is 113 cm³/mol. The van der Waals surface area contributed by atoms with Crippen molar-refractivity contribution in [1.82, 2.24) is 25.3 Å². The maximum atomic E-state index is 4.45. The molecule has 27 heavy (non-hydrogen) atoms. The smallest absolute Gasteiger partial charge is 0.191 e. The number of piperidine rings is 1. The molecule has 6 nitrogen and oxygen atoms in total. The minimum Gasteiger partial charge on any atom is -0.355 e. The highest BCUT2D eigenvalue weighted by Crippen LogP contribution is 2.14. The van der Waals surface area contributed by atoms with Crippen LogP contribution in [-0.4, -0.2) is 93.2 Å². The molecule has 0 saturated carbocycles. The Kier molecular flexibility index (Phi) is 7.50. The van der Waals surface area contributed by atoms with E-state index in [1.807, 2.05) is 7.05 Å². The Labute approximate surface area is 164 Å². The first-order chi connectivity index (χ1) is 13.1. The molecule has 1 aromatic rings.